The molecule has 9 nitrogen and oxygen atoms in total. The number of rotatable bonds is 4. The number of aromatic nitrogens is 1. The van der Waals surface area contributed by atoms with Crippen molar-refractivity contribution in [3.8, 4) is 0 Å². The van der Waals surface area contributed by atoms with E-state index in [0.29, 0.717) is 16.4 Å². The molecule has 11 heteroatoms. The largest absolute Gasteiger partial charge is 0.442 e. The first-order chi connectivity index (χ1) is 13.0. The number of nitrogens with one attached hydrogen (secondary N) is 1. The Bertz CT molecular complexity index is 920. The number of amides is 2. The molecule has 4 rings (SSSR count). The summed E-state index contributed by atoms with van der Waals surface area (Å²) in [5.41, 5.74) is 9.41. The van der Waals surface area contributed by atoms with Crippen molar-refractivity contribution in [3.05, 3.63) is 47.6 Å². The zero-order valence-corrected chi connectivity index (χ0v) is 14.6. The Balaban J connectivity index is 1.53. The summed E-state index contributed by atoms with van der Waals surface area (Å²) in [7, 11) is 0. The summed E-state index contributed by atoms with van der Waals surface area (Å²) < 4.78 is 24.6. The minimum atomic E-state index is -0.654. The molecule has 1 fully saturated rings. The summed E-state index contributed by atoms with van der Waals surface area (Å²) >= 11 is 1.14. The van der Waals surface area contributed by atoms with Crippen molar-refractivity contribution in [1.82, 2.24) is 10.6 Å². The first-order valence-electron chi connectivity index (χ1n) is 7.96. The van der Waals surface area contributed by atoms with Crippen LogP contribution in [0.15, 0.2) is 40.2 Å². The van der Waals surface area contributed by atoms with Crippen molar-refractivity contribution < 1.29 is 23.2 Å². The van der Waals surface area contributed by atoms with Gasteiger partial charge in [-0.1, -0.05) is 16.9 Å². The maximum absolute atomic E-state index is 14.6. The third-order valence-electron chi connectivity index (χ3n) is 4.15. The van der Waals surface area contributed by atoms with Gasteiger partial charge in [-0.15, -0.1) is 0 Å². The average molecular weight is 391 g/mol. The molecule has 3 heterocycles. The second kappa shape index (κ2) is 7.00. The van der Waals surface area contributed by atoms with E-state index in [-0.39, 0.29) is 23.8 Å². The van der Waals surface area contributed by atoms with Gasteiger partial charge in [0.05, 0.1) is 24.0 Å². The van der Waals surface area contributed by atoms with E-state index in [4.69, 9.17) is 15.0 Å². The molecule has 27 heavy (non-hydrogen) atoms. The van der Waals surface area contributed by atoms with Crippen LogP contribution in [0.4, 0.5) is 14.9 Å². The van der Waals surface area contributed by atoms with Gasteiger partial charge >= 0.3 is 6.09 Å². The normalized spacial score (nSPS) is 20.9. The highest BCUT2D eigenvalue weighted by molar-refractivity contribution is 8.15. The molecule has 2 atom stereocenters. The number of nitrogens with two attached hydrogens (primary N) is 1. The summed E-state index contributed by atoms with van der Waals surface area (Å²) in [6, 6.07) is 5.25. The summed E-state index contributed by atoms with van der Waals surface area (Å²) in [5, 5.41) is 7.97. The molecule has 0 bridgehead atoms. The molecular weight excluding hydrogens is 377 g/mol. The SMILES string of the molecule is N[C@@H](c1ccon1)C1CN(c2ccc(C3=NNC(=O)CS3)c(F)c2)C(=O)O1. The molecule has 1 aromatic heterocycles. The third kappa shape index (κ3) is 3.38. The van der Waals surface area contributed by atoms with Crippen molar-refractivity contribution >= 4 is 34.5 Å². The molecule has 1 aromatic carbocycles. The molecule has 2 aromatic rings. The lowest BCUT2D eigenvalue weighted by Crippen LogP contribution is -2.31. The van der Waals surface area contributed by atoms with Gasteiger partial charge in [0.1, 0.15) is 28.9 Å². The maximum atomic E-state index is 14.6. The lowest BCUT2D eigenvalue weighted by molar-refractivity contribution is -0.118. The van der Waals surface area contributed by atoms with Gasteiger partial charge in [0, 0.05) is 11.6 Å². The van der Waals surface area contributed by atoms with Crippen LogP contribution in [0.25, 0.3) is 0 Å². The quantitative estimate of drug-likeness (QED) is 0.807. The number of ether oxygens (including phenoxy) is 1. The number of benzene rings is 1. The second-order valence-corrected chi connectivity index (χ2v) is 6.85. The van der Waals surface area contributed by atoms with Crippen LogP contribution >= 0.6 is 11.8 Å². The zero-order valence-electron chi connectivity index (χ0n) is 13.8. The monoisotopic (exact) mass is 391 g/mol. The molecule has 0 radical (unpaired) electrons. The van der Waals surface area contributed by atoms with Gasteiger partial charge in [-0.3, -0.25) is 9.69 Å². The molecule has 2 aliphatic rings. The third-order valence-corrected chi connectivity index (χ3v) is 5.14. The van der Waals surface area contributed by atoms with Gasteiger partial charge in [-0.25, -0.2) is 14.6 Å². The highest BCUT2D eigenvalue weighted by Gasteiger charge is 2.38. The summed E-state index contributed by atoms with van der Waals surface area (Å²) in [4.78, 5) is 24.6. The van der Waals surface area contributed by atoms with Gasteiger partial charge in [-0.2, -0.15) is 5.10 Å². The van der Waals surface area contributed by atoms with Crippen molar-refractivity contribution in [1.29, 1.82) is 0 Å². The number of carbonyl (C=O) groups is 2. The van der Waals surface area contributed by atoms with Crippen molar-refractivity contribution in [2.75, 3.05) is 17.2 Å². The Morgan fingerprint density at radius 3 is 2.89 bits per heavy atom. The fraction of sp³-hybridized carbons (Fsp3) is 0.250. The van der Waals surface area contributed by atoms with Crippen molar-refractivity contribution in [2.24, 2.45) is 10.8 Å². The van der Waals surface area contributed by atoms with E-state index in [1.54, 1.807) is 12.1 Å². The van der Waals surface area contributed by atoms with E-state index in [1.165, 1.54) is 23.3 Å². The molecule has 140 valence electrons. The number of halogens is 1. The average Bonchev–Trinajstić information content (AvgIpc) is 3.32. The number of thioether (sulfide) groups is 1. The lowest BCUT2D eigenvalue weighted by atomic mass is 10.1. The van der Waals surface area contributed by atoms with E-state index < -0.39 is 24.1 Å². The van der Waals surface area contributed by atoms with Crippen LogP contribution in [0.1, 0.15) is 17.3 Å². The minimum absolute atomic E-state index is 0.150. The smallest absolute Gasteiger partial charge is 0.414 e. The summed E-state index contributed by atoms with van der Waals surface area (Å²) in [6.07, 6.45) is 0.119. The number of cyclic esters (lactones) is 1. The van der Waals surface area contributed by atoms with E-state index in [2.05, 4.69) is 15.7 Å². The molecular formula is C16H14FN5O4S. The number of carbonyl (C=O) groups excluding carboxylic acids is 2. The first kappa shape index (κ1) is 17.5. The lowest BCUT2D eigenvalue weighted by Gasteiger charge is -2.17. The van der Waals surface area contributed by atoms with Gasteiger partial charge in [0.15, 0.2) is 0 Å². The predicted molar refractivity (Wildman–Crippen MR) is 94.6 cm³/mol. The van der Waals surface area contributed by atoms with Crippen LogP contribution in [0, 0.1) is 5.82 Å². The Labute approximate surface area is 156 Å². The summed E-state index contributed by atoms with van der Waals surface area (Å²) in [5.74, 6) is -0.637. The van der Waals surface area contributed by atoms with E-state index in [0.717, 1.165) is 11.8 Å². The molecule has 0 aliphatic carbocycles. The molecule has 2 aliphatic heterocycles. The Morgan fingerprint density at radius 1 is 1.37 bits per heavy atom. The van der Waals surface area contributed by atoms with Crippen LogP contribution in [0.5, 0.6) is 0 Å². The number of nitrogens with zero attached hydrogens (tertiary/aromatic N) is 3. The standard InChI is InChI=1S/C16H14FN5O4S/c17-10-5-8(1-2-9(10)15-20-19-13(23)7-27-15)22-6-12(26-16(22)24)14(18)11-3-4-25-21-11/h1-5,12,14H,6-7,18H2,(H,19,23)/t12?,14-/m0/s1. The number of hydrogen-bond acceptors (Lipinski definition) is 8. The van der Waals surface area contributed by atoms with Gasteiger partial charge in [0.25, 0.3) is 5.91 Å². The predicted octanol–water partition coefficient (Wildman–Crippen LogP) is 1.36. The first-order valence-corrected chi connectivity index (χ1v) is 8.95. The molecule has 1 saturated heterocycles. The van der Waals surface area contributed by atoms with Crippen molar-refractivity contribution in [3.63, 3.8) is 0 Å². The zero-order chi connectivity index (χ0) is 19.0. The van der Waals surface area contributed by atoms with Gasteiger partial charge in [0.2, 0.25) is 0 Å². The highest BCUT2D eigenvalue weighted by atomic mass is 32.2. The number of hydrazone groups is 1. The maximum Gasteiger partial charge on any atom is 0.414 e. The van der Waals surface area contributed by atoms with Crippen LogP contribution in [0.2, 0.25) is 0 Å². The molecule has 3 N–H and O–H groups in total. The second-order valence-electron chi connectivity index (χ2n) is 5.89. The van der Waals surface area contributed by atoms with E-state index in [1.807, 2.05) is 0 Å². The van der Waals surface area contributed by atoms with Gasteiger partial charge in [-0.05, 0) is 18.2 Å². The Morgan fingerprint density at radius 2 is 2.22 bits per heavy atom. The minimum Gasteiger partial charge on any atom is -0.442 e. The number of anilines is 1. The molecule has 0 spiro atoms. The molecule has 0 saturated carbocycles. The van der Waals surface area contributed by atoms with Crippen molar-refractivity contribution in [2.45, 2.75) is 12.1 Å². The van der Waals surface area contributed by atoms with Crippen LogP contribution in [-0.2, 0) is 9.53 Å². The van der Waals surface area contributed by atoms with Crippen LogP contribution < -0.4 is 16.1 Å². The number of hydrogen-bond donors (Lipinski definition) is 2. The van der Waals surface area contributed by atoms with Crippen LogP contribution in [-0.4, -0.2) is 40.6 Å². The topological polar surface area (TPSA) is 123 Å². The van der Waals surface area contributed by atoms with E-state index in [9.17, 15) is 14.0 Å². The highest BCUT2D eigenvalue weighted by Crippen LogP contribution is 2.29. The fourth-order valence-electron chi connectivity index (χ4n) is 2.76. The van der Waals surface area contributed by atoms with E-state index >= 15 is 0 Å². The molecule has 2 amide bonds. The van der Waals surface area contributed by atoms with Gasteiger partial charge < -0.3 is 15.0 Å². The Hall–Kier alpha value is -2.92. The van der Waals surface area contributed by atoms with Crippen LogP contribution in [0.3, 0.4) is 0 Å². The summed E-state index contributed by atoms with van der Waals surface area (Å²) in [6.45, 7) is 0.150. The fourth-order valence-corrected chi connectivity index (χ4v) is 3.53. The molecule has 1 unspecified atom stereocenters. The Kier molecular flexibility index (Phi) is 4.54.